The number of ether oxygens (including phenoxy) is 2. The molecule has 2 N–H and O–H groups in total. The van der Waals surface area contributed by atoms with Crippen molar-refractivity contribution >= 4 is 55.8 Å². The normalized spacial score (nSPS) is 18.9. The summed E-state index contributed by atoms with van der Waals surface area (Å²) in [6, 6.07) is 8.40. The molecule has 2 aliphatic rings. The van der Waals surface area contributed by atoms with Crippen molar-refractivity contribution in [3.8, 4) is 11.5 Å². The number of methoxy groups -OCH3 is 1. The molecule has 0 bridgehead atoms. The number of halogens is 1. The van der Waals surface area contributed by atoms with Gasteiger partial charge < -0.3 is 25.0 Å². The van der Waals surface area contributed by atoms with Gasteiger partial charge in [-0.1, -0.05) is 20.3 Å². The molecule has 1 fully saturated rings. The van der Waals surface area contributed by atoms with E-state index in [0.717, 1.165) is 68.0 Å². The zero-order valence-electron chi connectivity index (χ0n) is 23.2. The number of piperidine rings is 1. The van der Waals surface area contributed by atoms with E-state index in [-0.39, 0.29) is 0 Å². The molecule has 1 saturated heterocycles. The molecule has 2 aliphatic heterocycles. The summed E-state index contributed by atoms with van der Waals surface area (Å²) in [5.41, 5.74) is 5.42. The molecule has 40 heavy (non-hydrogen) atoms. The first-order valence-corrected chi connectivity index (χ1v) is 14.6. The van der Waals surface area contributed by atoms with E-state index in [1.807, 2.05) is 25.1 Å². The van der Waals surface area contributed by atoms with Gasteiger partial charge in [-0.2, -0.15) is 4.98 Å². The number of nitrogens with one attached hydrogen (secondary N) is 2. The summed E-state index contributed by atoms with van der Waals surface area (Å²) in [7, 11) is 1.68. The fraction of sp³-hybridized carbons (Fsp3) is 0.400. The quantitative estimate of drug-likeness (QED) is 0.231. The Balaban J connectivity index is 1.25. The van der Waals surface area contributed by atoms with Gasteiger partial charge in [0.05, 0.1) is 40.0 Å². The lowest BCUT2D eigenvalue weighted by Crippen LogP contribution is -2.49. The van der Waals surface area contributed by atoms with Gasteiger partial charge in [0, 0.05) is 48.5 Å². The van der Waals surface area contributed by atoms with E-state index < -0.39 is 0 Å². The second kappa shape index (κ2) is 11.1. The minimum Gasteiger partial charge on any atom is -0.494 e. The van der Waals surface area contributed by atoms with Gasteiger partial charge in [0.15, 0.2) is 0 Å². The van der Waals surface area contributed by atoms with Crippen LogP contribution in [-0.2, 0) is 0 Å². The number of fused-ring (bicyclic) bond motifs is 4. The van der Waals surface area contributed by atoms with Gasteiger partial charge >= 0.3 is 0 Å². The first-order valence-electron chi connectivity index (χ1n) is 13.8. The molecule has 4 aromatic rings. The van der Waals surface area contributed by atoms with Crippen LogP contribution in [0.5, 0.6) is 11.5 Å². The van der Waals surface area contributed by atoms with Gasteiger partial charge in [-0.3, -0.25) is 9.97 Å². The van der Waals surface area contributed by atoms with Crippen molar-refractivity contribution in [3.63, 3.8) is 0 Å². The monoisotopic (exact) mass is 603 g/mol. The predicted molar refractivity (Wildman–Crippen MR) is 162 cm³/mol. The van der Waals surface area contributed by atoms with Crippen molar-refractivity contribution in [2.45, 2.75) is 46.1 Å². The Morgan fingerprint density at radius 3 is 2.83 bits per heavy atom. The van der Waals surface area contributed by atoms with Crippen molar-refractivity contribution in [3.05, 3.63) is 52.9 Å². The maximum Gasteiger partial charge on any atom is 0.229 e. The summed E-state index contributed by atoms with van der Waals surface area (Å²) in [6.45, 7) is 8.42. The minimum atomic E-state index is 0.400. The molecule has 2 aromatic carbocycles. The van der Waals surface area contributed by atoms with Gasteiger partial charge in [0.2, 0.25) is 5.95 Å². The maximum absolute atomic E-state index is 6.29. The molecule has 6 rings (SSSR count). The largest absolute Gasteiger partial charge is 0.494 e. The lowest BCUT2D eigenvalue weighted by atomic mass is 9.80. The Hall–Kier alpha value is -3.66. The van der Waals surface area contributed by atoms with Crippen molar-refractivity contribution in [2.24, 2.45) is 11.8 Å². The molecule has 0 radical (unpaired) electrons. The van der Waals surface area contributed by atoms with Crippen LogP contribution in [0.4, 0.5) is 28.8 Å². The van der Waals surface area contributed by atoms with Crippen LogP contribution >= 0.6 is 15.9 Å². The Bertz CT molecular complexity index is 1550. The van der Waals surface area contributed by atoms with Gasteiger partial charge in [-0.25, -0.2) is 4.98 Å². The summed E-state index contributed by atoms with van der Waals surface area (Å²) in [5, 5.41) is 6.76. The predicted octanol–water partition coefficient (Wildman–Crippen LogP) is 7.01. The summed E-state index contributed by atoms with van der Waals surface area (Å²) in [6.07, 6.45) is 8.72. The smallest absolute Gasteiger partial charge is 0.229 e. The number of rotatable bonds is 7. The van der Waals surface area contributed by atoms with Crippen molar-refractivity contribution < 1.29 is 9.47 Å². The molecule has 3 atom stereocenters. The zero-order chi connectivity index (χ0) is 27.8. The summed E-state index contributed by atoms with van der Waals surface area (Å²) < 4.78 is 12.8. The number of aromatic nitrogens is 4. The molecule has 3 unspecified atom stereocenters. The lowest BCUT2D eigenvalue weighted by Gasteiger charge is -2.45. The number of aryl methyl sites for hydroxylation is 1. The third kappa shape index (κ3) is 5.00. The number of benzene rings is 2. The van der Waals surface area contributed by atoms with Crippen LogP contribution < -0.4 is 25.0 Å². The van der Waals surface area contributed by atoms with Crippen LogP contribution in [0.25, 0.3) is 11.0 Å². The van der Waals surface area contributed by atoms with Crippen LogP contribution in [0, 0.1) is 18.8 Å². The van der Waals surface area contributed by atoms with Gasteiger partial charge in [-0.05, 0) is 59.7 Å². The Kier molecular flexibility index (Phi) is 7.35. The molecule has 0 aliphatic carbocycles. The van der Waals surface area contributed by atoms with E-state index in [2.05, 4.69) is 66.3 Å². The van der Waals surface area contributed by atoms with E-state index in [1.165, 1.54) is 19.3 Å². The van der Waals surface area contributed by atoms with Crippen LogP contribution in [0.15, 0.2) is 47.3 Å². The average Bonchev–Trinajstić information content (AvgIpc) is 2.99. The summed E-state index contributed by atoms with van der Waals surface area (Å²) >= 11 is 3.58. The number of anilines is 5. The highest BCUT2D eigenvalue weighted by Crippen LogP contribution is 2.45. The topological polar surface area (TPSA) is 97.3 Å². The molecule has 0 saturated carbocycles. The molecule has 2 aromatic heterocycles. The Labute approximate surface area is 242 Å². The van der Waals surface area contributed by atoms with Gasteiger partial charge in [0.25, 0.3) is 0 Å². The van der Waals surface area contributed by atoms with Gasteiger partial charge in [0.1, 0.15) is 23.9 Å². The average molecular weight is 605 g/mol. The van der Waals surface area contributed by atoms with Crippen LogP contribution in [0.2, 0.25) is 0 Å². The van der Waals surface area contributed by atoms with E-state index >= 15 is 0 Å². The molecule has 0 spiro atoms. The highest BCUT2D eigenvalue weighted by Gasteiger charge is 2.36. The number of hydrogen-bond acceptors (Lipinski definition) is 9. The van der Waals surface area contributed by atoms with E-state index in [0.29, 0.717) is 24.4 Å². The molecular weight excluding hydrogens is 570 g/mol. The highest BCUT2D eigenvalue weighted by atomic mass is 79.9. The molecule has 4 heterocycles. The van der Waals surface area contributed by atoms with Gasteiger partial charge in [-0.15, -0.1) is 0 Å². The van der Waals surface area contributed by atoms with E-state index in [9.17, 15) is 0 Å². The zero-order valence-corrected chi connectivity index (χ0v) is 24.8. The Morgan fingerprint density at radius 1 is 1.15 bits per heavy atom. The fourth-order valence-electron chi connectivity index (χ4n) is 5.82. The third-order valence-corrected chi connectivity index (χ3v) is 8.94. The SMILES string of the molecule is CCC(C)C1CCN2c3cc(OC)c(Nc4ncc(Br)c(Nc5ccc6nccnc6c5C)n4)cc3OCC2C1. The minimum absolute atomic E-state index is 0.400. The first-order chi connectivity index (χ1) is 19.4. The second-order valence-electron chi connectivity index (χ2n) is 10.7. The number of nitrogens with zero attached hydrogens (tertiary/aromatic N) is 5. The molecule has 0 amide bonds. The molecule has 208 valence electrons. The molecule has 10 heteroatoms. The lowest BCUT2D eigenvalue weighted by molar-refractivity contribution is 0.183. The standard InChI is InChI=1S/C30H34BrN7O2/c1-5-17(2)19-8-11-38-20(12-19)16-40-27-13-24(26(39-4)14-25(27)38)36-30-34-15-21(31)29(37-30)35-22-6-7-23-28(18(22)3)33-10-9-32-23/h6-7,9-10,13-15,17,19-20H,5,8,11-12,16H2,1-4H3,(H2,34,35,36,37). The summed E-state index contributed by atoms with van der Waals surface area (Å²) in [4.78, 5) is 20.6. The molecular formula is C30H34BrN7O2. The maximum atomic E-state index is 6.29. The number of hydrogen-bond donors (Lipinski definition) is 2. The third-order valence-electron chi connectivity index (χ3n) is 8.36. The van der Waals surface area contributed by atoms with Crippen molar-refractivity contribution in [1.82, 2.24) is 19.9 Å². The molecule has 9 nitrogen and oxygen atoms in total. The fourth-order valence-corrected chi connectivity index (χ4v) is 6.11. The van der Waals surface area contributed by atoms with E-state index in [4.69, 9.17) is 14.5 Å². The summed E-state index contributed by atoms with van der Waals surface area (Å²) in [5.74, 6) is 4.13. The second-order valence-corrected chi connectivity index (χ2v) is 11.5. The highest BCUT2D eigenvalue weighted by molar-refractivity contribution is 9.10. The Morgan fingerprint density at radius 2 is 2.00 bits per heavy atom. The van der Waals surface area contributed by atoms with Crippen LogP contribution in [-0.4, -0.2) is 46.2 Å². The van der Waals surface area contributed by atoms with E-state index in [1.54, 1.807) is 25.7 Å². The van der Waals surface area contributed by atoms with Crippen molar-refractivity contribution in [2.75, 3.05) is 35.8 Å². The van der Waals surface area contributed by atoms with Crippen molar-refractivity contribution in [1.29, 1.82) is 0 Å². The van der Waals surface area contributed by atoms with Crippen LogP contribution in [0.3, 0.4) is 0 Å². The van der Waals surface area contributed by atoms with Crippen LogP contribution in [0.1, 0.15) is 38.7 Å². The first kappa shape index (κ1) is 26.6.